The van der Waals surface area contributed by atoms with E-state index in [-0.39, 0.29) is 25.4 Å². The molecule has 6 heteroatoms. The molecule has 0 aliphatic carbocycles. The minimum atomic E-state index is -0.167. The summed E-state index contributed by atoms with van der Waals surface area (Å²) in [7, 11) is 0. The molecule has 6 nitrogen and oxygen atoms in total. The Hall–Kier alpha value is -2.57. The third-order valence-corrected chi connectivity index (χ3v) is 2.89. The number of nitrogens with two attached hydrogens (primary N) is 1. The maximum Gasteiger partial charge on any atom is 0.225 e. The van der Waals surface area contributed by atoms with Gasteiger partial charge in [0.25, 0.3) is 0 Å². The van der Waals surface area contributed by atoms with Crippen LogP contribution < -0.4 is 11.1 Å². The fraction of sp³-hybridized carbons (Fsp3) is 0.357. The topological polar surface area (TPSA) is 106 Å². The van der Waals surface area contributed by atoms with Crippen molar-refractivity contribution in [1.29, 1.82) is 10.5 Å². The molecular weight excluding hydrogens is 254 g/mol. The summed E-state index contributed by atoms with van der Waals surface area (Å²) in [5, 5.41) is 20.0. The zero-order valence-electron chi connectivity index (χ0n) is 11.4. The van der Waals surface area contributed by atoms with Gasteiger partial charge in [0, 0.05) is 24.3 Å². The molecule has 1 amide bonds. The van der Waals surface area contributed by atoms with Crippen molar-refractivity contribution < 1.29 is 4.79 Å². The number of carbonyl (C=O) groups excluding carboxylic acids is 1. The first-order valence-corrected chi connectivity index (χ1v) is 6.19. The van der Waals surface area contributed by atoms with Gasteiger partial charge in [-0.3, -0.25) is 9.69 Å². The summed E-state index contributed by atoms with van der Waals surface area (Å²) in [6.07, 6.45) is 0.220. The lowest BCUT2D eigenvalue weighted by molar-refractivity contribution is -0.116. The van der Waals surface area contributed by atoms with Crippen molar-refractivity contribution in [2.45, 2.75) is 13.3 Å². The highest BCUT2D eigenvalue weighted by atomic mass is 16.1. The van der Waals surface area contributed by atoms with E-state index in [1.165, 1.54) is 0 Å². The van der Waals surface area contributed by atoms with Gasteiger partial charge in [-0.1, -0.05) is 6.07 Å². The minimum Gasteiger partial charge on any atom is -0.398 e. The molecule has 0 bridgehead atoms. The Bertz CT molecular complexity index is 540. The molecule has 104 valence electrons. The summed E-state index contributed by atoms with van der Waals surface area (Å²) in [6, 6.07) is 9.27. The number of benzene rings is 1. The van der Waals surface area contributed by atoms with Gasteiger partial charge in [0.15, 0.2) is 0 Å². The number of amides is 1. The normalized spacial score (nSPS) is 9.80. The van der Waals surface area contributed by atoms with Gasteiger partial charge < -0.3 is 11.1 Å². The number of carbonyl (C=O) groups is 1. The highest BCUT2D eigenvalue weighted by molar-refractivity contribution is 5.92. The molecule has 3 N–H and O–H groups in total. The zero-order valence-corrected chi connectivity index (χ0v) is 11.4. The van der Waals surface area contributed by atoms with E-state index in [2.05, 4.69) is 5.32 Å². The number of rotatable bonds is 6. The predicted octanol–water partition coefficient (Wildman–Crippen LogP) is 1.25. The molecule has 0 aliphatic rings. The van der Waals surface area contributed by atoms with Crippen LogP contribution in [0.15, 0.2) is 18.2 Å². The van der Waals surface area contributed by atoms with Gasteiger partial charge >= 0.3 is 0 Å². The van der Waals surface area contributed by atoms with Crippen LogP contribution in [0, 0.1) is 29.6 Å². The molecule has 0 atom stereocenters. The van der Waals surface area contributed by atoms with Gasteiger partial charge in [0.1, 0.15) is 0 Å². The highest BCUT2D eigenvalue weighted by Gasteiger charge is 2.09. The van der Waals surface area contributed by atoms with Gasteiger partial charge in [-0.15, -0.1) is 0 Å². The second-order valence-electron chi connectivity index (χ2n) is 4.34. The number of anilines is 2. The first kappa shape index (κ1) is 15.5. The predicted molar refractivity (Wildman–Crippen MR) is 76.5 cm³/mol. The van der Waals surface area contributed by atoms with Crippen molar-refractivity contribution in [3.63, 3.8) is 0 Å². The van der Waals surface area contributed by atoms with Crippen LogP contribution in [-0.4, -0.2) is 30.4 Å². The average molecular weight is 271 g/mol. The summed E-state index contributed by atoms with van der Waals surface area (Å²) in [5.74, 6) is -0.167. The molecular formula is C14H17N5O. The first-order chi connectivity index (χ1) is 9.58. The van der Waals surface area contributed by atoms with Gasteiger partial charge in [-0.25, -0.2) is 0 Å². The third kappa shape index (κ3) is 4.60. The van der Waals surface area contributed by atoms with Crippen LogP contribution in [0.3, 0.4) is 0 Å². The molecule has 0 unspecified atom stereocenters. The number of nitrogens with one attached hydrogen (secondary N) is 1. The van der Waals surface area contributed by atoms with E-state index in [1.54, 1.807) is 23.1 Å². The van der Waals surface area contributed by atoms with Crippen molar-refractivity contribution >= 4 is 17.3 Å². The van der Waals surface area contributed by atoms with Crippen molar-refractivity contribution in [2.24, 2.45) is 0 Å². The Kier molecular flexibility index (Phi) is 6.02. The summed E-state index contributed by atoms with van der Waals surface area (Å²) in [6.45, 7) is 2.48. The fourth-order valence-electron chi connectivity index (χ4n) is 1.68. The quantitative estimate of drug-likeness (QED) is 0.598. The van der Waals surface area contributed by atoms with E-state index in [9.17, 15) is 4.79 Å². The van der Waals surface area contributed by atoms with E-state index in [1.807, 2.05) is 19.1 Å². The van der Waals surface area contributed by atoms with E-state index in [4.69, 9.17) is 16.3 Å². The van der Waals surface area contributed by atoms with Crippen molar-refractivity contribution in [2.75, 3.05) is 30.7 Å². The van der Waals surface area contributed by atoms with Crippen LogP contribution in [-0.2, 0) is 4.79 Å². The van der Waals surface area contributed by atoms with Crippen molar-refractivity contribution in [1.82, 2.24) is 4.90 Å². The Labute approximate surface area is 118 Å². The molecule has 1 rings (SSSR count). The number of nitrogen functional groups attached to an aromatic ring is 1. The average Bonchev–Trinajstić information content (AvgIpc) is 2.42. The fourth-order valence-corrected chi connectivity index (χ4v) is 1.68. The lowest BCUT2D eigenvalue weighted by atomic mass is 10.1. The smallest absolute Gasteiger partial charge is 0.225 e. The van der Waals surface area contributed by atoms with Crippen molar-refractivity contribution in [3.8, 4) is 12.1 Å². The molecule has 0 aliphatic heterocycles. The molecule has 20 heavy (non-hydrogen) atoms. The maximum atomic E-state index is 11.8. The molecule has 0 radical (unpaired) electrons. The SMILES string of the molecule is Cc1c(N)cccc1NC(=O)CCN(CC#N)CC#N. The second kappa shape index (κ2) is 7.78. The Morgan fingerprint density at radius 1 is 1.35 bits per heavy atom. The van der Waals surface area contributed by atoms with E-state index in [0.717, 1.165) is 5.56 Å². The lowest BCUT2D eigenvalue weighted by Crippen LogP contribution is -2.28. The van der Waals surface area contributed by atoms with Crippen molar-refractivity contribution in [3.05, 3.63) is 23.8 Å². The van der Waals surface area contributed by atoms with Crippen LogP contribution in [0.2, 0.25) is 0 Å². The standard InChI is InChI=1S/C14H17N5O/c1-11-12(17)3-2-4-13(11)18-14(20)5-8-19(9-6-15)10-7-16/h2-4H,5,8-10,17H2,1H3,(H,18,20). The number of hydrogen-bond donors (Lipinski definition) is 2. The Balaban J connectivity index is 2.54. The Morgan fingerprint density at radius 3 is 2.60 bits per heavy atom. The monoisotopic (exact) mass is 271 g/mol. The van der Waals surface area contributed by atoms with Crippen LogP contribution in [0.4, 0.5) is 11.4 Å². The number of hydrogen-bond acceptors (Lipinski definition) is 5. The van der Waals surface area contributed by atoms with Gasteiger partial charge in [0.2, 0.25) is 5.91 Å². The molecule has 0 fully saturated rings. The molecule has 0 heterocycles. The molecule has 0 saturated heterocycles. The first-order valence-electron chi connectivity index (χ1n) is 6.19. The summed E-state index contributed by atoms with van der Waals surface area (Å²) in [5.41, 5.74) is 7.90. The maximum absolute atomic E-state index is 11.8. The van der Waals surface area contributed by atoms with Gasteiger partial charge in [0.05, 0.1) is 25.2 Å². The second-order valence-corrected chi connectivity index (χ2v) is 4.34. The van der Waals surface area contributed by atoms with Crippen LogP contribution >= 0.6 is 0 Å². The number of nitriles is 2. The molecule has 1 aromatic carbocycles. The van der Waals surface area contributed by atoms with Gasteiger partial charge in [-0.2, -0.15) is 10.5 Å². The third-order valence-electron chi connectivity index (χ3n) is 2.89. The van der Waals surface area contributed by atoms with E-state index >= 15 is 0 Å². The molecule has 0 saturated carbocycles. The zero-order chi connectivity index (χ0) is 15.0. The lowest BCUT2D eigenvalue weighted by Gasteiger charge is -2.15. The summed E-state index contributed by atoms with van der Waals surface area (Å²) < 4.78 is 0. The van der Waals surface area contributed by atoms with E-state index in [0.29, 0.717) is 17.9 Å². The van der Waals surface area contributed by atoms with Crippen LogP contribution in [0.25, 0.3) is 0 Å². The minimum absolute atomic E-state index is 0.137. The summed E-state index contributed by atoms with van der Waals surface area (Å²) in [4.78, 5) is 13.5. The molecule has 0 spiro atoms. The van der Waals surface area contributed by atoms with Crippen LogP contribution in [0.5, 0.6) is 0 Å². The highest BCUT2D eigenvalue weighted by Crippen LogP contribution is 2.20. The molecule has 0 aromatic heterocycles. The van der Waals surface area contributed by atoms with Crippen LogP contribution in [0.1, 0.15) is 12.0 Å². The van der Waals surface area contributed by atoms with Gasteiger partial charge in [-0.05, 0) is 24.6 Å². The Morgan fingerprint density at radius 2 is 2.00 bits per heavy atom. The number of nitrogens with zero attached hydrogens (tertiary/aromatic N) is 3. The molecule has 1 aromatic rings. The summed E-state index contributed by atoms with van der Waals surface area (Å²) >= 11 is 0. The van der Waals surface area contributed by atoms with E-state index < -0.39 is 0 Å². The largest absolute Gasteiger partial charge is 0.398 e.